The topological polar surface area (TPSA) is 69.0 Å². The van der Waals surface area contributed by atoms with Gasteiger partial charge in [0.15, 0.2) is 5.82 Å². The van der Waals surface area contributed by atoms with E-state index >= 15 is 0 Å². The zero-order valence-corrected chi connectivity index (χ0v) is 19.0. The molecule has 0 spiro atoms. The van der Waals surface area contributed by atoms with Gasteiger partial charge in [-0.3, -0.25) is 4.79 Å². The minimum Gasteiger partial charge on any atom is -0.494 e. The summed E-state index contributed by atoms with van der Waals surface area (Å²) in [6.45, 7) is 4.37. The molecule has 1 aromatic heterocycles. The molecule has 4 rings (SSSR count). The van der Waals surface area contributed by atoms with Crippen molar-refractivity contribution in [2.24, 2.45) is 0 Å². The lowest BCUT2D eigenvalue weighted by atomic mass is 10.1. The Balaban J connectivity index is 1.73. The van der Waals surface area contributed by atoms with Crippen LogP contribution in [0.1, 0.15) is 23.1 Å². The number of rotatable bonds is 6. The van der Waals surface area contributed by atoms with Crippen LogP contribution in [0.3, 0.4) is 0 Å². The highest BCUT2D eigenvalue weighted by atomic mass is 35.5. The van der Waals surface area contributed by atoms with Crippen LogP contribution in [0.15, 0.2) is 66.7 Å². The van der Waals surface area contributed by atoms with E-state index < -0.39 is 5.91 Å². The Kier molecular flexibility index (Phi) is 6.44. The molecule has 1 amide bonds. The van der Waals surface area contributed by atoms with E-state index in [1.807, 2.05) is 38.1 Å². The quantitative estimate of drug-likeness (QED) is 0.367. The van der Waals surface area contributed by atoms with Gasteiger partial charge in [-0.15, -0.1) is 5.10 Å². The number of hydrogen-bond acceptors (Lipinski definition) is 4. The molecule has 0 atom stereocenters. The van der Waals surface area contributed by atoms with Crippen molar-refractivity contribution in [1.29, 1.82) is 0 Å². The lowest BCUT2D eigenvalue weighted by Crippen LogP contribution is -2.14. The second-order valence-corrected chi connectivity index (χ2v) is 7.82. The molecule has 4 aromatic rings. The second-order valence-electron chi connectivity index (χ2n) is 6.98. The Morgan fingerprint density at radius 2 is 1.81 bits per heavy atom. The van der Waals surface area contributed by atoms with Crippen LogP contribution in [0.25, 0.3) is 17.1 Å². The largest absolute Gasteiger partial charge is 0.494 e. The van der Waals surface area contributed by atoms with Gasteiger partial charge in [0.1, 0.15) is 5.75 Å². The van der Waals surface area contributed by atoms with Gasteiger partial charge < -0.3 is 10.1 Å². The molecule has 1 heterocycles. The first-order valence-corrected chi connectivity index (χ1v) is 10.7. The monoisotopic (exact) mass is 466 g/mol. The number of hydrogen-bond donors (Lipinski definition) is 1. The average molecular weight is 467 g/mol. The van der Waals surface area contributed by atoms with Crippen LogP contribution < -0.4 is 10.1 Å². The minimum absolute atomic E-state index is 0.0215. The van der Waals surface area contributed by atoms with E-state index in [0.717, 1.165) is 22.6 Å². The third kappa shape index (κ3) is 4.61. The molecule has 0 radical (unpaired) electrons. The molecule has 162 valence electrons. The third-order valence-corrected chi connectivity index (χ3v) is 5.43. The van der Waals surface area contributed by atoms with Gasteiger partial charge in [0.05, 0.1) is 12.3 Å². The molecular formula is C24H20Cl2N4O2. The van der Waals surface area contributed by atoms with E-state index in [2.05, 4.69) is 15.4 Å². The Morgan fingerprint density at radius 3 is 2.53 bits per heavy atom. The molecule has 0 fully saturated rings. The smallest absolute Gasteiger partial charge is 0.295 e. The number of aromatic nitrogens is 3. The maximum Gasteiger partial charge on any atom is 0.295 e. The number of amides is 1. The summed E-state index contributed by atoms with van der Waals surface area (Å²) in [6, 6.07) is 19.8. The van der Waals surface area contributed by atoms with E-state index in [1.54, 1.807) is 47.1 Å². The Bertz CT molecular complexity index is 1270. The molecule has 0 bridgehead atoms. The first kappa shape index (κ1) is 21.9. The highest BCUT2D eigenvalue weighted by molar-refractivity contribution is 6.31. The van der Waals surface area contributed by atoms with Gasteiger partial charge in [0, 0.05) is 21.3 Å². The van der Waals surface area contributed by atoms with Gasteiger partial charge in [-0.25, -0.2) is 9.67 Å². The fourth-order valence-electron chi connectivity index (χ4n) is 3.20. The molecule has 32 heavy (non-hydrogen) atoms. The molecule has 0 saturated carbocycles. The normalized spacial score (nSPS) is 10.8. The molecule has 0 aliphatic rings. The van der Waals surface area contributed by atoms with E-state index in [-0.39, 0.29) is 5.82 Å². The van der Waals surface area contributed by atoms with Gasteiger partial charge in [-0.1, -0.05) is 41.4 Å². The van der Waals surface area contributed by atoms with Crippen molar-refractivity contribution in [2.45, 2.75) is 13.8 Å². The Morgan fingerprint density at radius 1 is 1.06 bits per heavy atom. The summed E-state index contributed by atoms with van der Waals surface area (Å²) in [4.78, 5) is 17.5. The zero-order valence-electron chi connectivity index (χ0n) is 17.5. The summed E-state index contributed by atoms with van der Waals surface area (Å²) in [5, 5.41) is 8.47. The number of carbonyl (C=O) groups excluding carboxylic acids is 1. The van der Waals surface area contributed by atoms with Crippen molar-refractivity contribution in [1.82, 2.24) is 14.8 Å². The van der Waals surface area contributed by atoms with E-state index in [4.69, 9.17) is 27.9 Å². The average Bonchev–Trinajstić information content (AvgIpc) is 3.23. The highest BCUT2D eigenvalue weighted by Gasteiger charge is 2.20. The predicted molar refractivity (Wildman–Crippen MR) is 127 cm³/mol. The van der Waals surface area contributed by atoms with Crippen LogP contribution in [-0.2, 0) is 0 Å². The predicted octanol–water partition coefficient (Wildman–Crippen LogP) is 6.20. The van der Waals surface area contributed by atoms with Crippen LogP contribution in [0.4, 0.5) is 5.69 Å². The number of nitrogens with one attached hydrogen (secondary N) is 1. The van der Waals surface area contributed by atoms with Crippen LogP contribution >= 0.6 is 23.2 Å². The summed E-state index contributed by atoms with van der Waals surface area (Å²) >= 11 is 12.5. The van der Waals surface area contributed by atoms with Crippen molar-refractivity contribution in [3.63, 3.8) is 0 Å². The van der Waals surface area contributed by atoms with Gasteiger partial charge in [0.25, 0.3) is 5.91 Å². The van der Waals surface area contributed by atoms with E-state index in [1.165, 1.54) is 0 Å². The van der Waals surface area contributed by atoms with Crippen LogP contribution in [0, 0.1) is 6.92 Å². The lowest BCUT2D eigenvalue weighted by Gasteiger charge is -2.10. The van der Waals surface area contributed by atoms with Crippen molar-refractivity contribution in [2.75, 3.05) is 11.9 Å². The van der Waals surface area contributed by atoms with Crippen molar-refractivity contribution in [3.8, 4) is 22.8 Å². The molecular weight excluding hydrogens is 447 g/mol. The summed E-state index contributed by atoms with van der Waals surface area (Å²) in [7, 11) is 0. The molecule has 0 aliphatic carbocycles. The fraction of sp³-hybridized carbons (Fsp3) is 0.125. The van der Waals surface area contributed by atoms with E-state index in [9.17, 15) is 4.79 Å². The Labute approximate surface area is 195 Å². The van der Waals surface area contributed by atoms with Crippen molar-refractivity contribution < 1.29 is 9.53 Å². The molecule has 8 heteroatoms. The van der Waals surface area contributed by atoms with Crippen LogP contribution in [0.2, 0.25) is 10.0 Å². The van der Waals surface area contributed by atoms with Gasteiger partial charge in [0.2, 0.25) is 5.82 Å². The summed E-state index contributed by atoms with van der Waals surface area (Å²) in [6.07, 6.45) is 0. The third-order valence-electron chi connectivity index (χ3n) is 4.78. The first-order valence-electron chi connectivity index (χ1n) is 9.99. The molecule has 1 N–H and O–H groups in total. The number of anilines is 1. The van der Waals surface area contributed by atoms with Crippen molar-refractivity contribution in [3.05, 3.63) is 88.2 Å². The number of halogens is 2. The SMILES string of the molecule is CCOc1ccc(NC(=O)c2nc(-c3cccc(Cl)c3)n(-c3cccc(Cl)c3C)n2)cc1. The standard InChI is InChI=1S/C24H20Cl2N4O2/c1-3-32-19-12-10-18(11-13-19)27-24(31)22-28-23(16-6-4-7-17(25)14-16)30(29-22)21-9-5-8-20(26)15(21)2/h4-14H,3H2,1-2H3,(H,27,31). The summed E-state index contributed by atoms with van der Waals surface area (Å²) in [5.41, 5.74) is 2.88. The summed E-state index contributed by atoms with van der Waals surface area (Å²) in [5.74, 6) is 0.798. The first-order chi connectivity index (χ1) is 15.5. The molecule has 3 aromatic carbocycles. The minimum atomic E-state index is -0.434. The van der Waals surface area contributed by atoms with Crippen LogP contribution in [-0.4, -0.2) is 27.3 Å². The maximum absolute atomic E-state index is 12.9. The van der Waals surface area contributed by atoms with Gasteiger partial charge in [-0.2, -0.15) is 0 Å². The van der Waals surface area contributed by atoms with Gasteiger partial charge >= 0.3 is 0 Å². The zero-order chi connectivity index (χ0) is 22.7. The van der Waals surface area contributed by atoms with Crippen molar-refractivity contribution >= 4 is 34.8 Å². The van der Waals surface area contributed by atoms with Crippen LogP contribution in [0.5, 0.6) is 5.75 Å². The van der Waals surface area contributed by atoms with Gasteiger partial charge in [-0.05, 0) is 67.9 Å². The van der Waals surface area contributed by atoms with E-state index in [0.29, 0.717) is 28.2 Å². The lowest BCUT2D eigenvalue weighted by molar-refractivity contribution is 0.101. The second kappa shape index (κ2) is 9.42. The number of benzene rings is 3. The summed E-state index contributed by atoms with van der Waals surface area (Å²) < 4.78 is 7.05. The number of ether oxygens (including phenoxy) is 1. The number of nitrogens with zero attached hydrogens (tertiary/aromatic N) is 3. The fourth-order valence-corrected chi connectivity index (χ4v) is 3.56. The molecule has 0 aliphatic heterocycles. The maximum atomic E-state index is 12.9. The number of carbonyl (C=O) groups is 1. The molecule has 6 nitrogen and oxygen atoms in total. The molecule has 0 unspecified atom stereocenters. The Hall–Kier alpha value is -3.35. The molecule has 0 saturated heterocycles. The highest BCUT2D eigenvalue weighted by Crippen LogP contribution is 2.28.